The maximum atomic E-state index is 11.6. The molecule has 1 aliphatic carbocycles. The van der Waals surface area contributed by atoms with Gasteiger partial charge in [-0.05, 0) is 62.8 Å². The summed E-state index contributed by atoms with van der Waals surface area (Å²) in [7, 11) is -3.19. The van der Waals surface area contributed by atoms with Crippen LogP contribution in [-0.4, -0.2) is 56.2 Å². The highest BCUT2D eigenvalue weighted by atomic mass is 32.2. The Hall–Kier alpha value is -2.13. The Kier molecular flexibility index (Phi) is 7.00. The van der Waals surface area contributed by atoms with Crippen LogP contribution < -0.4 is 9.64 Å². The van der Waals surface area contributed by atoms with Crippen LogP contribution in [0.1, 0.15) is 65.1 Å². The van der Waals surface area contributed by atoms with Crippen molar-refractivity contribution in [2.45, 2.75) is 87.9 Å². The van der Waals surface area contributed by atoms with Crippen LogP contribution in [0.2, 0.25) is 0 Å². The molecule has 0 radical (unpaired) electrons. The van der Waals surface area contributed by atoms with Gasteiger partial charge in [0.1, 0.15) is 5.75 Å². The second kappa shape index (κ2) is 9.62. The van der Waals surface area contributed by atoms with Crippen molar-refractivity contribution in [2.24, 2.45) is 0 Å². The zero-order valence-electron chi connectivity index (χ0n) is 20.0. The predicted octanol–water partition coefficient (Wildman–Crippen LogP) is 4.15. The standard InChI is InChI=1S/C24H35N3O5S/c1-24(2,3)22-25-23(32-26-22)27-15-13-20(14-16-27)31-18-7-5-17(6-8-18)30-19-9-11-21(12-10-19)33(4,28)29/h9-12,17-18,20H,5-8,13-16H2,1-4H3. The van der Waals surface area contributed by atoms with Crippen molar-refractivity contribution < 1.29 is 22.4 Å². The number of hydrogen-bond donors (Lipinski definition) is 0. The van der Waals surface area contributed by atoms with Gasteiger partial charge in [0, 0.05) is 24.8 Å². The average Bonchev–Trinajstić information content (AvgIpc) is 3.26. The van der Waals surface area contributed by atoms with Crippen LogP contribution >= 0.6 is 0 Å². The third-order valence-electron chi connectivity index (χ3n) is 6.36. The molecule has 0 amide bonds. The Morgan fingerprint density at radius 1 is 0.939 bits per heavy atom. The summed E-state index contributed by atoms with van der Waals surface area (Å²) in [4.78, 5) is 7.04. The molecule has 8 nitrogen and oxygen atoms in total. The fourth-order valence-electron chi connectivity index (χ4n) is 4.35. The van der Waals surface area contributed by atoms with Crippen molar-refractivity contribution in [1.82, 2.24) is 10.1 Å². The summed E-state index contributed by atoms with van der Waals surface area (Å²) >= 11 is 0. The van der Waals surface area contributed by atoms with Crippen LogP contribution in [0.15, 0.2) is 33.7 Å². The summed E-state index contributed by atoms with van der Waals surface area (Å²) in [5, 5.41) is 4.13. The van der Waals surface area contributed by atoms with Crippen LogP contribution in [0, 0.1) is 0 Å². The maximum Gasteiger partial charge on any atom is 0.324 e. The Balaban J connectivity index is 1.19. The first-order valence-corrected chi connectivity index (χ1v) is 13.7. The minimum atomic E-state index is -3.19. The predicted molar refractivity (Wildman–Crippen MR) is 126 cm³/mol. The number of anilines is 1. The van der Waals surface area contributed by atoms with Gasteiger partial charge < -0.3 is 18.9 Å². The zero-order valence-corrected chi connectivity index (χ0v) is 20.8. The van der Waals surface area contributed by atoms with Crippen molar-refractivity contribution >= 4 is 15.9 Å². The first-order chi connectivity index (χ1) is 15.6. The third-order valence-corrected chi connectivity index (χ3v) is 7.49. The summed E-state index contributed by atoms with van der Waals surface area (Å²) in [6, 6.07) is 7.29. The highest BCUT2D eigenvalue weighted by Gasteiger charge is 2.30. The second-order valence-electron chi connectivity index (χ2n) is 10.2. The van der Waals surface area contributed by atoms with E-state index in [1.54, 1.807) is 24.3 Å². The van der Waals surface area contributed by atoms with E-state index < -0.39 is 9.84 Å². The van der Waals surface area contributed by atoms with Gasteiger partial charge in [0.2, 0.25) is 0 Å². The molecule has 2 aromatic rings. The minimum Gasteiger partial charge on any atom is -0.490 e. The summed E-state index contributed by atoms with van der Waals surface area (Å²) < 4.78 is 41.1. The summed E-state index contributed by atoms with van der Waals surface area (Å²) in [5.74, 6) is 1.45. The van der Waals surface area contributed by atoms with Gasteiger partial charge in [-0.3, -0.25) is 0 Å². The number of aromatic nitrogens is 2. The number of piperidine rings is 1. The minimum absolute atomic E-state index is 0.120. The van der Waals surface area contributed by atoms with Gasteiger partial charge in [0.25, 0.3) is 0 Å². The number of sulfone groups is 1. The molecule has 1 aromatic heterocycles. The van der Waals surface area contributed by atoms with Crippen molar-refractivity contribution in [3.63, 3.8) is 0 Å². The average molecular weight is 478 g/mol. The zero-order chi connectivity index (χ0) is 23.6. The van der Waals surface area contributed by atoms with Crippen LogP contribution in [-0.2, 0) is 20.0 Å². The van der Waals surface area contributed by atoms with Crippen LogP contribution in [0.5, 0.6) is 5.75 Å². The van der Waals surface area contributed by atoms with E-state index in [0.717, 1.165) is 63.2 Å². The Labute approximate surface area is 196 Å². The van der Waals surface area contributed by atoms with E-state index in [4.69, 9.17) is 14.0 Å². The van der Waals surface area contributed by atoms with Crippen molar-refractivity contribution in [3.05, 3.63) is 30.1 Å². The fourth-order valence-corrected chi connectivity index (χ4v) is 4.98. The monoisotopic (exact) mass is 477 g/mol. The number of ether oxygens (including phenoxy) is 2. The van der Waals surface area contributed by atoms with E-state index in [2.05, 4.69) is 35.8 Å². The topological polar surface area (TPSA) is 94.8 Å². The molecule has 1 aromatic carbocycles. The number of rotatable bonds is 6. The van der Waals surface area contributed by atoms with Crippen LogP contribution in [0.25, 0.3) is 0 Å². The van der Waals surface area contributed by atoms with Gasteiger partial charge in [-0.25, -0.2) is 8.42 Å². The Morgan fingerprint density at radius 2 is 1.52 bits per heavy atom. The molecule has 9 heteroatoms. The first kappa shape index (κ1) is 24.0. The quantitative estimate of drug-likeness (QED) is 0.612. The van der Waals surface area contributed by atoms with Gasteiger partial charge in [0.05, 0.1) is 23.2 Å². The number of nitrogens with zero attached hydrogens (tertiary/aromatic N) is 3. The van der Waals surface area contributed by atoms with Crippen molar-refractivity contribution in [1.29, 1.82) is 0 Å². The van der Waals surface area contributed by atoms with Gasteiger partial charge in [0.15, 0.2) is 15.7 Å². The van der Waals surface area contributed by atoms with Gasteiger partial charge in [-0.2, -0.15) is 4.98 Å². The van der Waals surface area contributed by atoms with E-state index in [9.17, 15) is 8.42 Å². The summed E-state index contributed by atoms with van der Waals surface area (Å²) in [6.45, 7) is 7.96. The molecule has 1 saturated heterocycles. The lowest BCUT2D eigenvalue weighted by atomic mass is 9.94. The Bertz CT molecular complexity index is 1010. The molecule has 0 unspecified atom stereocenters. The highest BCUT2D eigenvalue weighted by Crippen LogP contribution is 2.29. The SMILES string of the molecule is CC(C)(C)c1noc(N2CCC(OC3CCC(Oc4ccc(S(C)(=O)=O)cc4)CC3)CC2)n1. The first-order valence-electron chi connectivity index (χ1n) is 11.8. The Morgan fingerprint density at radius 3 is 2.06 bits per heavy atom. The van der Waals surface area contributed by atoms with Crippen LogP contribution in [0.4, 0.5) is 6.01 Å². The molecule has 1 aliphatic heterocycles. The number of hydrogen-bond acceptors (Lipinski definition) is 8. The molecule has 0 spiro atoms. The normalized spacial score (nSPS) is 23.0. The van der Waals surface area contributed by atoms with Crippen molar-refractivity contribution in [2.75, 3.05) is 24.2 Å². The highest BCUT2D eigenvalue weighted by molar-refractivity contribution is 7.90. The molecule has 2 fully saturated rings. The lowest BCUT2D eigenvalue weighted by Gasteiger charge is -2.35. The van der Waals surface area contributed by atoms with E-state index >= 15 is 0 Å². The summed E-state index contributed by atoms with van der Waals surface area (Å²) in [6.07, 6.45) is 7.63. The molecule has 2 heterocycles. The molecule has 0 N–H and O–H groups in total. The van der Waals surface area contributed by atoms with Gasteiger partial charge in [-0.1, -0.05) is 25.9 Å². The lowest BCUT2D eigenvalue weighted by Crippen LogP contribution is -2.40. The van der Waals surface area contributed by atoms with Crippen LogP contribution in [0.3, 0.4) is 0 Å². The molecule has 4 rings (SSSR count). The maximum absolute atomic E-state index is 11.6. The lowest BCUT2D eigenvalue weighted by molar-refractivity contribution is -0.0530. The third kappa shape index (κ3) is 6.26. The second-order valence-corrected chi connectivity index (χ2v) is 12.2. The largest absolute Gasteiger partial charge is 0.490 e. The molecule has 182 valence electrons. The van der Waals surface area contributed by atoms with Gasteiger partial charge >= 0.3 is 6.01 Å². The fraction of sp³-hybridized carbons (Fsp3) is 0.667. The molecule has 33 heavy (non-hydrogen) atoms. The molecular weight excluding hydrogens is 442 g/mol. The molecule has 0 bridgehead atoms. The summed E-state index contributed by atoms with van der Waals surface area (Å²) in [5.41, 5.74) is -0.120. The molecular formula is C24H35N3O5S. The number of benzene rings is 1. The van der Waals surface area contributed by atoms with Gasteiger partial charge in [-0.15, -0.1) is 0 Å². The van der Waals surface area contributed by atoms with E-state index in [1.165, 1.54) is 6.26 Å². The molecule has 2 aliphatic rings. The molecule has 0 atom stereocenters. The van der Waals surface area contributed by atoms with E-state index in [1.807, 2.05) is 0 Å². The molecule has 1 saturated carbocycles. The van der Waals surface area contributed by atoms with E-state index in [-0.39, 0.29) is 23.7 Å². The smallest absolute Gasteiger partial charge is 0.324 e. The van der Waals surface area contributed by atoms with Crippen molar-refractivity contribution in [3.8, 4) is 5.75 Å². The van der Waals surface area contributed by atoms with E-state index in [0.29, 0.717) is 10.9 Å².